The molecule has 2 heterocycles. The van der Waals surface area contributed by atoms with Crippen LogP contribution in [0.5, 0.6) is 0 Å². The predicted molar refractivity (Wildman–Crippen MR) is 93.1 cm³/mol. The lowest BCUT2D eigenvalue weighted by Gasteiger charge is -2.25. The molecule has 1 aliphatic heterocycles. The van der Waals surface area contributed by atoms with Gasteiger partial charge in [-0.1, -0.05) is 41.0 Å². The molecule has 0 atom stereocenters. The Morgan fingerprint density at radius 3 is 2.70 bits per heavy atom. The molecule has 0 amide bonds. The highest BCUT2D eigenvalue weighted by molar-refractivity contribution is 7.98. The Morgan fingerprint density at radius 2 is 1.96 bits per heavy atom. The second kappa shape index (κ2) is 7.85. The fourth-order valence-electron chi connectivity index (χ4n) is 2.35. The quantitative estimate of drug-likeness (QED) is 0.753. The van der Waals surface area contributed by atoms with Crippen LogP contribution in [0.15, 0.2) is 23.4 Å². The smallest absolute Gasteiger partial charge is 0.191 e. The number of hydrogen-bond donors (Lipinski definition) is 0. The van der Waals surface area contributed by atoms with E-state index in [9.17, 15) is 0 Å². The summed E-state index contributed by atoms with van der Waals surface area (Å²) >= 11 is 13.6. The first kappa shape index (κ1) is 17.0. The highest BCUT2D eigenvalue weighted by atomic mass is 35.5. The monoisotopic (exact) mass is 372 g/mol. The first-order valence-electron chi connectivity index (χ1n) is 7.38. The molecule has 1 aliphatic rings. The topological polar surface area (TPSA) is 43.2 Å². The molecule has 8 heteroatoms. The summed E-state index contributed by atoms with van der Waals surface area (Å²) in [6.45, 7) is 4.27. The van der Waals surface area contributed by atoms with Crippen LogP contribution in [0.4, 0.5) is 0 Å². The number of aromatic nitrogens is 3. The molecule has 1 saturated heterocycles. The molecule has 0 spiro atoms. The maximum absolute atomic E-state index is 6.05. The summed E-state index contributed by atoms with van der Waals surface area (Å²) in [7, 11) is 2.01. The van der Waals surface area contributed by atoms with Crippen molar-refractivity contribution in [3.8, 4) is 0 Å². The minimum absolute atomic E-state index is 0.576. The van der Waals surface area contributed by atoms with E-state index in [0.717, 1.165) is 55.1 Å². The van der Waals surface area contributed by atoms with Gasteiger partial charge in [-0.25, -0.2) is 0 Å². The van der Waals surface area contributed by atoms with Crippen molar-refractivity contribution in [1.29, 1.82) is 0 Å². The summed E-state index contributed by atoms with van der Waals surface area (Å²) in [5, 5.41) is 10.7. The first-order valence-corrected chi connectivity index (χ1v) is 9.13. The Hall–Kier alpha value is -0.790. The van der Waals surface area contributed by atoms with Crippen molar-refractivity contribution in [2.45, 2.75) is 17.5 Å². The molecule has 0 saturated carbocycles. The van der Waals surface area contributed by atoms with E-state index in [0.29, 0.717) is 10.0 Å². The van der Waals surface area contributed by atoms with E-state index in [1.165, 1.54) is 0 Å². The third-order valence-corrected chi connectivity index (χ3v) is 5.58. The van der Waals surface area contributed by atoms with Gasteiger partial charge in [0, 0.05) is 25.9 Å². The minimum Gasteiger partial charge on any atom is -0.379 e. The van der Waals surface area contributed by atoms with Crippen molar-refractivity contribution < 1.29 is 4.74 Å². The van der Waals surface area contributed by atoms with E-state index in [1.807, 2.05) is 25.2 Å². The van der Waals surface area contributed by atoms with Gasteiger partial charge in [0.2, 0.25) is 0 Å². The van der Waals surface area contributed by atoms with E-state index < -0.39 is 0 Å². The van der Waals surface area contributed by atoms with Crippen molar-refractivity contribution in [2.75, 3.05) is 26.3 Å². The number of rotatable bonds is 5. The van der Waals surface area contributed by atoms with Crippen molar-refractivity contribution in [3.05, 3.63) is 39.6 Å². The summed E-state index contributed by atoms with van der Waals surface area (Å²) in [6, 6.07) is 5.69. The van der Waals surface area contributed by atoms with Gasteiger partial charge in [-0.3, -0.25) is 4.90 Å². The molecule has 23 heavy (non-hydrogen) atoms. The van der Waals surface area contributed by atoms with Crippen LogP contribution in [-0.4, -0.2) is 46.0 Å². The van der Waals surface area contributed by atoms with Crippen LogP contribution >= 0.6 is 35.0 Å². The molecule has 0 radical (unpaired) electrons. The van der Waals surface area contributed by atoms with E-state index in [4.69, 9.17) is 27.9 Å². The Bertz CT molecular complexity index is 673. The second-order valence-electron chi connectivity index (χ2n) is 5.38. The van der Waals surface area contributed by atoms with Gasteiger partial charge in [0.05, 0.1) is 29.8 Å². The average molecular weight is 373 g/mol. The van der Waals surface area contributed by atoms with Gasteiger partial charge in [-0.05, 0) is 17.7 Å². The maximum atomic E-state index is 6.05. The van der Waals surface area contributed by atoms with Crippen LogP contribution in [0, 0.1) is 0 Å². The first-order chi connectivity index (χ1) is 11.1. The molecule has 1 aromatic carbocycles. The summed E-state index contributed by atoms with van der Waals surface area (Å²) in [5.41, 5.74) is 1.11. The standard InChI is InChI=1S/C15H18Cl2N4OS/c1-20-14(9-21-4-6-22-7-5-21)18-19-15(20)23-10-11-2-3-12(16)13(17)8-11/h2-3,8H,4-7,9-10H2,1H3. The van der Waals surface area contributed by atoms with Gasteiger partial charge in [0.1, 0.15) is 5.82 Å². The number of ether oxygens (including phenoxy) is 1. The van der Waals surface area contributed by atoms with Gasteiger partial charge >= 0.3 is 0 Å². The van der Waals surface area contributed by atoms with Gasteiger partial charge in [-0.2, -0.15) is 0 Å². The summed E-state index contributed by atoms with van der Waals surface area (Å²) < 4.78 is 7.42. The lowest BCUT2D eigenvalue weighted by molar-refractivity contribution is 0.0326. The minimum atomic E-state index is 0.576. The number of morpholine rings is 1. The average Bonchev–Trinajstić information content (AvgIpc) is 2.90. The molecule has 1 fully saturated rings. The van der Waals surface area contributed by atoms with Crippen LogP contribution in [0.3, 0.4) is 0 Å². The lowest BCUT2D eigenvalue weighted by atomic mass is 10.2. The SMILES string of the molecule is Cn1c(CN2CCOCC2)nnc1SCc1ccc(Cl)c(Cl)c1. The Labute approximate surface area is 149 Å². The molecule has 0 N–H and O–H groups in total. The number of benzene rings is 1. The zero-order valence-corrected chi connectivity index (χ0v) is 15.2. The highest BCUT2D eigenvalue weighted by Crippen LogP contribution is 2.27. The van der Waals surface area contributed by atoms with Gasteiger partial charge in [0.15, 0.2) is 5.16 Å². The number of nitrogens with zero attached hydrogens (tertiary/aromatic N) is 4. The molecular weight excluding hydrogens is 355 g/mol. The highest BCUT2D eigenvalue weighted by Gasteiger charge is 2.16. The zero-order chi connectivity index (χ0) is 16.2. The molecule has 1 aromatic heterocycles. The van der Waals surface area contributed by atoms with Crippen molar-refractivity contribution in [2.24, 2.45) is 7.05 Å². The van der Waals surface area contributed by atoms with Crippen molar-refractivity contribution in [3.63, 3.8) is 0 Å². The van der Waals surface area contributed by atoms with Crippen LogP contribution in [-0.2, 0) is 24.1 Å². The van der Waals surface area contributed by atoms with E-state index in [2.05, 4.69) is 19.7 Å². The fraction of sp³-hybridized carbons (Fsp3) is 0.467. The third-order valence-electron chi connectivity index (χ3n) is 3.75. The van der Waals surface area contributed by atoms with Crippen molar-refractivity contribution in [1.82, 2.24) is 19.7 Å². The Morgan fingerprint density at radius 1 is 1.17 bits per heavy atom. The molecule has 124 valence electrons. The molecule has 0 unspecified atom stereocenters. The number of halogens is 2. The Kier molecular flexibility index (Phi) is 5.82. The molecule has 5 nitrogen and oxygen atoms in total. The summed E-state index contributed by atoms with van der Waals surface area (Å²) in [5.74, 6) is 1.75. The molecular formula is C15H18Cl2N4OS. The third kappa shape index (κ3) is 4.39. The summed E-state index contributed by atoms with van der Waals surface area (Å²) in [4.78, 5) is 2.33. The van der Waals surface area contributed by atoms with Crippen LogP contribution in [0.1, 0.15) is 11.4 Å². The number of hydrogen-bond acceptors (Lipinski definition) is 5. The molecule has 2 aromatic rings. The normalized spacial score (nSPS) is 16.0. The molecule has 0 aliphatic carbocycles. The summed E-state index contributed by atoms with van der Waals surface area (Å²) in [6.07, 6.45) is 0. The second-order valence-corrected chi connectivity index (χ2v) is 7.14. The van der Waals surface area contributed by atoms with Crippen LogP contribution in [0.25, 0.3) is 0 Å². The van der Waals surface area contributed by atoms with Gasteiger partial charge in [0.25, 0.3) is 0 Å². The van der Waals surface area contributed by atoms with Crippen LogP contribution < -0.4 is 0 Å². The Balaban J connectivity index is 1.61. The van der Waals surface area contributed by atoms with Crippen molar-refractivity contribution >= 4 is 35.0 Å². The predicted octanol–water partition coefficient (Wildman–Crippen LogP) is 3.25. The van der Waals surface area contributed by atoms with E-state index >= 15 is 0 Å². The van der Waals surface area contributed by atoms with Gasteiger partial charge in [-0.15, -0.1) is 10.2 Å². The van der Waals surface area contributed by atoms with E-state index in [-0.39, 0.29) is 0 Å². The zero-order valence-electron chi connectivity index (χ0n) is 12.8. The van der Waals surface area contributed by atoms with Gasteiger partial charge < -0.3 is 9.30 Å². The molecule has 0 bridgehead atoms. The number of thioether (sulfide) groups is 1. The van der Waals surface area contributed by atoms with Crippen LogP contribution in [0.2, 0.25) is 10.0 Å². The van der Waals surface area contributed by atoms with E-state index in [1.54, 1.807) is 11.8 Å². The lowest BCUT2D eigenvalue weighted by Crippen LogP contribution is -2.36. The largest absolute Gasteiger partial charge is 0.379 e. The fourth-order valence-corrected chi connectivity index (χ4v) is 3.54. The maximum Gasteiger partial charge on any atom is 0.191 e. The molecule has 3 rings (SSSR count).